The van der Waals surface area contributed by atoms with Gasteiger partial charge in [-0.05, 0) is 67.5 Å². The summed E-state index contributed by atoms with van der Waals surface area (Å²) in [7, 11) is 0. The number of anilines is 1. The first-order valence-electron chi connectivity index (χ1n) is 8.69. The molecule has 0 heterocycles. The van der Waals surface area contributed by atoms with E-state index >= 15 is 0 Å². The Labute approximate surface area is 148 Å². The number of hydrogen-bond donors (Lipinski definition) is 1. The maximum Gasteiger partial charge on any atom is 0.311 e. The summed E-state index contributed by atoms with van der Waals surface area (Å²) in [6.45, 7) is 3.55. The quantitative estimate of drug-likeness (QED) is 0.848. The van der Waals surface area contributed by atoms with Crippen LogP contribution in [-0.4, -0.2) is 18.0 Å². The van der Waals surface area contributed by atoms with Gasteiger partial charge in [-0.15, -0.1) is 0 Å². The van der Waals surface area contributed by atoms with Gasteiger partial charge in [0.1, 0.15) is 0 Å². The molecule has 1 atom stereocenters. The molecule has 0 spiro atoms. The summed E-state index contributed by atoms with van der Waals surface area (Å²) in [6, 6.07) is 13.6. The van der Waals surface area contributed by atoms with Gasteiger partial charge >= 0.3 is 5.97 Å². The molecular weight excluding hydrogens is 314 g/mol. The largest absolute Gasteiger partial charge is 0.452 e. The van der Waals surface area contributed by atoms with Crippen molar-refractivity contribution in [3.8, 4) is 0 Å². The van der Waals surface area contributed by atoms with E-state index in [-0.39, 0.29) is 12.3 Å². The lowest BCUT2D eigenvalue weighted by Gasteiger charge is -2.14. The molecule has 4 heteroatoms. The fourth-order valence-electron chi connectivity index (χ4n) is 3.15. The van der Waals surface area contributed by atoms with Crippen LogP contribution in [0.1, 0.15) is 35.6 Å². The molecule has 0 aliphatic heterocycles. The summed E-state index contributed by atoms with van der Waals surface area (Å²) in [5.41, 5.74) is 5.36. The minimum Gasteiger partial charge on any atom is -0.452 e. The summed E-state index contributed by atoms with van der Waals surface area (Å²) < 4.78 is 5.28. The van der Waals surface area contributed by atoms with E-state index in [0.717, 1.165) is 29.7 Å². The molecule has 25 heavy (non-hydrogen) atoms. The molecule has 4 nitrogen and oxygen atoms in total. The SMILES string of the molecule is Cc1ccccc1CC(=O)O[C@@H](C)C(=O)Nc1ccc2c(c1)CCC2. The van der Waals surface area contributed by atoms with E-state index < -0.39 is 12.1 Å². The molecule has 1 aliphatic carbocycles. The summed E-state index contributed by atoms with van der Waals surface area (Å²) in [6.07, 6.45) is 2.67. The van der Waals surface area contributed by atoms with Gasteiger partial charge in [0.05, 0.1) is 6.42 Å². The van der Waals surface area contributed by atoms with Crippen molar-refractivity contribution < 1.29 is 14.3 Å². The fourth-order valence-corrected chi connectivity index (χ4v) is 3.15. The Morgan fingerprint density at radius 3 is 2.68 bits per heavy atom. The lowest BCUT2D eigenvalue weighted by molar-refractivity contribution is -0.152. The van der Waals surface area contributed by atoms with Gasteiger partial charge in [0.25, 0.3) is 5.91 Å². The molecule has 0 bridgehead atoms. The minimum absolute atomic E-state index is 0.170. The smallest absolute Gasteiger partial charge is 0.311 e. The first-order valence-corrected chi connectivity index (χ1v) is 8.69. The van der Waals surface area contributed by atoms with Gasteiger partial charge in [0.15, 0.2) is 6.10 Å². The average Bonchev–Trinajstić information content (AvgIpc) is 3.04. The third-order valence-corrected chi connectivity index (χ3v) is 4.64. The lowest BCUT2D eigenvalue weighted by Crippen LogP contribution is -2.30. The second kappa shape index (κ2) is 7.51. The Morgan fingerprint density at radius 2 is 1.88 bits per heavy atom. The van der Waals surface area contributed by atoms with Gasteiger partial charge in [0.2, 0.25) is 0 Å². The Kier molecular flexibility index (Phi) is 5.17. The topological polar surface area (TPSA) is 55.4 Å². The third-order valence-electron chi connectivity index (χ3n) is 4.64. The summed E-state index contributed by atoms with van der Waals surface area (Å²) in [4.78, 5) is 24.4. The number of carbonyl (C=O) groups excluding carboxylic acids is 2. The Bertz CT molecular complexity index is 797. The van der Waals surface area contributed by atoms with Gasteiger partial charge in [-0.25, -0.2) is 0 Å². The first kappa shape index (κ1) is 17.2. The summed E-state index contributed by atoms with van der Waals surface area (Å²) >= 11 is 0. The average molecular weight is 337 g/mol. The molecule has 3 rings (SSSR count). The zero-order valence-electron chi connectivity index (χ0n) is 14.7. The summed E-state index contributed by atoms with van der Waals surface area (Å²) in [5, 5.41) is 2.84. The highest BCUT2D eigenvalue weighted by Gasteiger charge is 2.19. The van der Waals surface area contributed by atoms with Crippen molar-refractivity contribution in [3.05, 3.63) is 64.7 Å². The van der Waals surface area contributed by atoms with Crippen LogP contribution in [0.15, 0.2) is 42.5 Å². The Hall–Kier alpha value is -2.62. The second-order valence-electron chi connectivity index (χ2n) is 6.56. The summed E-state index contributed by atoms with van der Waals surface area (Å²) in [5.74, 6) is -0.706. The molecule has 130 valence electrons. The van der Waals surface area contributed by atoms with Gasteiger partial charge in [-0.3, -0.25) is 9.59 Å². The maximum atomic E-state index is 12.3. The van der Waals surface area contributed by atoms with Gasteiger partial charge in [-0.2, -0.15) is 0 Å². The van der Waals surface area contributed by atoms with Crippen LogP contribution >= 0.6 is 0 Å². The number of benzene rings is 2. The van der Waals surface area contributed by atoms with Gasteiger partial charge < -0.3 is 10.1 Å². The highest BCUT2D eigenvalue weighted by atomic mass is 16.5. The molecule has 2 aromatic carbocycles. The van der Waals surface area contributed by atoms with Crippen LogP contribution in [0.25, 0.3) is 0 Å². The number of hydrogen-bond acceptors (Lipinski definition) is 3. The zero-order valence-corrected chi connectivity index (χ0v) is 14.7. The van der Waals surface area contributed by atoms with E-state index in [1.807, 2.05) is 43.3 Å². The van der Waals surface area contributed by atoms with Crippen molar-refractivity contribution in [2.45, 2.75) is 45.6 Å². The monoisotopic (exact) mass is 337 g/mol. The van der Waals surface area contributed by atoms with E-state index in [4.69, 9.17) is 4.74 Å². The molecule has 0 radical (unpaired) electrons. The predicted octanol–water partition coefficient (Wildman–Crippen LogP) is 3.60. The normalized spacial score (nSPS) is 13.8. The number of rotatable bonds is 5. The number of esters is 1. The van der Waals surface area contributed by atoms with Gasteiger partial charge in [0, 0.05) is 5.69 Å². The predicted molar refractivity (Wildman–Crippen MR) is 97.5 cm³/mol. The van der Waals surface area contributed by atoms with Crippen molar-refractivity contribution in [2.24, 2.45) is 0 Å². The van der Waals surface area contributed by atoms with Crippen LogP contribution in [0.2, 0.25) is 0 Å². The number of amides is 1. The molecule has 0 saturated carbocycles. The van der Waals surface area contributed by atoms with Crippen LogP contribution in [0, 0.1) is 6.92 Å². The standard InChI is InChI=1S/C21H23NO3/c1-14-6-3-4-7-17(14)13-20(23)25-15(2)21(24)22-19-11-10-16-8-5-9-18(16)12-19/h3-4,6-7,10-12,15H,5,8-9,13H2,1-2H3,(H,22,24)/t15-/m0/s1. The fraction of sp³-hybridized carbons (Fsp3) is 0.333. The second-order valence-corrected chi connectivity index (χ2v) is 6.56. The number of ether oxygens (including phenoxy) is 1. The Balaban J connectivity index is 1.55. The molecule has 1 N–H and O–H groups in total. The highest BCUT2D eigenvalue weighted by Crippen LogP contribution is 2.25. The molecule has 2 aromatic rings. The van der Waals surface area contributed by atoms with E-state index in [1.54, 1.807) is 6.92 Å². The van der Waals surface area contributed by atoms with Crippen molar-refractivity contribution >= 4 is 17.6 Å². The Morgan fingerprint density at radius 1 is 1.12 bits per heavy atom. The van der Waals surface area contributed by atoms with Crippen molar-refractivity contribution in [1.29, 1.82) is 0 Å². The number of carbonyl (C=O) groups is 2. The molecule has 1 amide bonds. The molecule has 0 saturated heterocycles. The van der Waals surface area contributed by atoms with Crippen molar-refractivity contribution in [3.63, 3.8) is 0 Å². The number of aryl methyl sites for hydroxylation is 3. The van der Waals surface area contributed by atoms with Crippen LogP contribution in [0.3, 0.4) is 0 Å². The van der Waals surface area contributed by atoms with E-state index in [9.17, 15) is 9.59 Å². The van der Waals surface area contributed by atoms with Gasteiger partial charge in [-0.1, -0.05) is 30.3 Å². The van der Waals surface area contributed by atoms with Crippen LogP contribution < -0.4 is 5.32 Å². The number of nitrogens with one attached hydrogen (secondary N) is 1. The molecule has 0 unspecified atom stereocenters. The van der Waals surface area contributed by atoms with Crippen molar-refractivity contribution in [1.82, 2.24) is 0 Å². The molecule has 0 fully saturated rings. The lowest BCUT2D eigenvalue weighted by atomic mass is 10.1. The van der Waals surface area contributed by atoms with E-state index in [1.165, 1.54) is 17.5 Å². The molecular formula is C21H23NO3. The van der Waals surface area contributed by atoms with Crippen molar-refractivity contribution in [2.75, 3.05) is 5.32 Å². The van der Waals surface area contributed by atoms with E-state index in [2.05, 4.69) is 11.4 Å². The van der Waals surface area contributed by atoms with E-state index in [0.29, 0.717) is 0 Å². The molecule has 1 aliphatic rings. The number of fused-ring (bicyclic) bond motifs is 1. The molecule has 0 aromatic heterocycles. The minimum atomic E-state index is -0.829. The first-order chi connectivity index (χ1) is 12.0. The highest BCUT2D eigenvalue weighted by molar-refractivity contribution is 5.95. The van der Waals surface area contributed by atoms with Crippen LogP contribution in [0.4, 0.5) is 5.69 Å². The van der Waals surface area contributed by atoms with Crippen LogP contribution in [0.5, 0.6) is 0 Å². The maximum absolute atomic E-state index is 12.3. The zero-order chi connectivity index (χ0) is 17.8. The third kappa shape index (κ3) is 4.27. The van der Waals surface area contributed by atoms with Crippen LogP contribution in [-0.2, 0) is 33.6 Å².